The van der Waals surface area contributed by atoms with Crippen LogP contribution in [0.4, 0.5) is 33.9 Å². The zero-order valence-corrected chi connectivity index (χ0v) is 15.9. The average molecular weight is 432 g/mol. The Bertz CT molecular complexity index is 1100. The van der Waals surface area contributed by atoms with Gasteiger partial charge in [0.05, 0.1) is 29.7 Å². The lowest BCUT2D eigenvalue weighted by molar-refractivity contribution is -0.117. The van der Waals surface area contributed by atoms with Crippen LogP contribution in [0.15, 0.2) is 48.8 Å². The first-order valence-electron chi connectivity index (χ1n) is 9.18. The molecule has 0 atom stereocenters. The van der Waals surface area contributed by atoms with E-state index in [9.17, 15) is 22.4 Å². The molecule has 4 rings (SSSR count). The van der Waals surface area contributed by atoms with E-state index < -0.39 is 35.3 Å². The molecule has 0 bridgehead atoms. The Labute approximate surface area is 173 Å². The summed E-state index contributed by atoms with van der Waals surface area (Å²) in [6.07, 6.45) is 1.34. The summed E-state index contributed by atoms with van der Waals surface area (Å²) < 4.78 is 54.9. The standard InChI is InChI=1S/C20H16F4N6O/c21-13-3-1-11(2-4-13)16-6-5-15(25)17(28-16)29-19(31)30-9-12(10-30)20(23,24)18-26-7-14(22)8-27-18/h1-8,12H,9-10,25H2,(H,28,29,31). The third-order valence-corrected chi connectivity index (χ3v) is 4.89. The van der Waals surface area contributed by atoms with Crippen molar-refractivity contribution >= 4 is 17.5 Å². The number of benzene rings is 1. The summed E-state index contributed by atoms with van der Waals surface area (Å²) in [5.41, 5.74) is 7.10. The minimum absolute atomic E-state index is 0.0592. The molecule has 7 nitrogen and oxygen atoms in total. The van der Waals surface area contributed by atoms with E-state index in [0.717, 1.165) is 4.90 Å². The monoisotopic (exact) mass is 432 g/mol. The van der Waals surface area contributed by atoms with Crippen LogP contribution in [0, 0.1) is 17.6 Å². The predicted molar refractivity (Wildman–Crippen MR) is 104 cm³/mol. The van der Waals surface area contributed by atoms with Crippen molar-refractivity contribution in [2.45, 2.75) is 5.92 Å². The van der Waals surface area contributed by atoms with E-state index in [1.54, 1.807) is 6.07 Å². The number of hydrogen-bond acceptors (Lipinski definition) is 5. The van der Waals surface area contributed by atoms with Gasteiger partial charge in [-0.15, -0.1) is 0 Å². The smallest absolute Gasteiger partial charge is 0.323 e. The van der Waals surface area contributed by atoms with Crippen molar-refractivity contribution < 1.29 is 22.4 Å². The molecule has 2 amide bonds. The van der Waals surface area contributed by atoms with Gasteiger partial charge >= 0.3 is 12.0 Å². The molecule has 0 unspecified atom stereocenters. The number of halogens is 4. The largest absolute Gasteiger partial charge is 0.396 e. The first kappa shape index (κ1) is 20.5. The summed E-state index contributed by atoms with van der Waals surface area (Å²) in [4.78, 5) is 24.5. The van der Waals surface area contributed by atoms with Crippen LogP contribution < -0.4 is 11.1 Å². The van der Waals surface area contributed by atoms with E-state index in [-0.39, 0.29) is 24.6 Å². The van der Waals surface area contributed by atoms with Crippen molar-refractivity contribution in [1.29, 1.82) is 0 Å². The molecule has 1 aromatic carbocycles. The first-order valence-corrected chi connectivity index (χ1v) is 9.18. The number of anilines is 2. The van der Waals surface area contributed by atoms with Crippen LogP contribution in [0.25, 0.3) is 11.3 Å². The summed E-state index contributed by atoms with van der Waals surface area (Å²) in [5.74, 6) is -6.57. The number of carbonyl (C=O) groups is 1. The maximum atomic E-state index is 14.5. The van der Waals surface area contributed by atoms with Crippen molar-refractivity contribution in [3.8, 4) is 11.3 Å². The van der Waals surface area contributed by atoms with Crippen molar-refractivity contribution in [1.82, 2.24) is 19.9 Å². The van der Waals surface area contributed by atoms with Crippen LogP contribution in [0.2, 0.25) is 0 Å². The van der Waals surface area contributed by atoms with Gasteiger partial charge in [-0.3, -0.25) is 5.32 Å². The van der Waals surface area contributed by atoms with Crippen LogP contribution in [-0.4, -0.2) is 39.0 Å². The van der Waals surface area contributed by atoms with E-state index in [0.29, 0.717) is 23.7 Å². The normalized spacial score (nSPS) is 14.3. The number of nitrogens with zero attached hydrogens (tertiary/aromatic N) is 4. The van der Waals surface area contributed by atoms with Crippen molar-refractivity contribution in [3.05, 3.63) is 66.3 Å². The Morgan fingerprint density at radius 2 is 1.68 bits per heavy atom. The van der Waals surface area contributed by atoms with Crippen LogP contribution in [0.5, 0.6) is 0 Å². The second-order valence-electron chi connectivity index (χ2n) is 7.02. The number of urea groups is 1. The van der Waals surface area contributed by atoms with E-state index >= 15 is 0 Å². The van der Waals surface area contributed by atoms with Gasteiger partial charge in [-0.2, -0.15) is 8.78 Å². The van der Waals surface area contributed by atoms with Gasteiger partial charge in [0.15, 0.2) is 17.5 Å². The van der Waals surface area contributed by atoms with Crippen LogP contribution in [0.1, 0.15) is 5.82 Å². The van der Waals surface area contributed by atoms with Gasteiger partial charge in [0.25, 0.3) is 0 Å². The molecule has 0 spiro atoms. The lowest BCUT2D eigenvalue weighted by atomic mass is 9.92. The summed E-state index contributed by atoms with van der Waals surface area (Å²) >= 11 is 0. The first-order chi connectivity index (χ1) is 14.7. The van der Waals surface area contributed by atoms with Crippen molar-refractivity contribution in [2.75, 3.05) is 24.1 Å². The molecule has 3 heterocycles. The average Bonchev–Trinajstić information content (AvgIpc) is 2.69. The number of nitrogens with two attached hydrogens (primary N) is 1. The number of rotatable bonds is 4. The molecule has 0 saturated carbocycles. The quantitative estimate of drug-likeness (QED) is 0.614. The molecule has 1 fully saturated rings. The third-order valence-electron chi connectivity index (χ3n) is 4.89. The molecule has 31 heavy (non-hydrogen) atoms. The molecule has 0 aliphatic carbocycles. The number of alkyl halides is 2. The van der Waals surface area contributed by atoms with Gasteiger partial charge < -0.3 is 10.6 Å². The lowest BCUT2D eigenvalue weighted by Gasteiger charge is -2.42. The molecule has 1 aliphatic heterocycles. The van der Waals surface area contributed by atoms with Crippen molar-refractivity contribution in [2.24, 2.45) is 5.92 Å². The van der Waals surface area contributed by atoms with Crippen LogP contribution >= 0.6 is 0 Å². The molecule has 0 radical (unpaired) electrons. The zero-order chi connectivity index (χ0) is 22.2. The summed E-state index contributed by atoms with van der Waals surface area (Å²) in [5, 5.41) is 2.50. The van der Waals surface area contributed by atoms with Crippen LogP contribution in [-0.2, 0) is 5.92 Å². The maximum Gasteiger partial charge on any atom is 0.323 e. The Hall–Kier alpha value is -3.76. The molecule has 3 aromatic rings. The van der Waals surface area contributed by atoms with Gasteiger partial charge in [-0.05, 0) is 36.4 Å². The highest BCUT2D eigenvalue weighted by Gasteiger charge is 2.51. The van der Waals surface area contributed by atoms with Gasteiger partial charge in [-0.25, -0.2) is 28.5 Å². The predicted octanol–water partition coefficient (Wildman–Crippen LogP) is 3.65. The number of amides is 2. The molecular formula is C20H16F4N6O. The minimum Gasteiger partial charge on any atom is -0.396 e. The Balaban J connectivity index is 1.42. The number of hydrogen-bond donors (Lipinski definition) is 2. The molecule has 3 N–H and O–H groups in total. The molecular weight excluding hydrogens is 416 g/mol. The van der Waals surface area contributed by atoms with Gasteiger partial charge in [-0.1, -0.05) is 0 Å². The fourth-order valence-electron chi connectivity index (χ4n) is 3.07. The van der Waals surface area contributed by atoms with E-state index in [1.165, 1.54) is 30.3 Å². The summed E-state index contributed by atoms with van der Waals surface area (Å²) in [7, 11) is 0. The highest BCUT2D eigenvalue weighted by Crippen LogP contribution is 2.39. The molecule has 160 valence electrons. The zero-order valence-electron chi connectivity index (χ0n) is 15.9. The summed E-state index contributed by atoms with van der Waals surface area (Å²) in [6.45, 7) is -0.506. The second-order valence-corrected chi connectivity index (χ2v) is 7.02. The minimum atomic E-state index is -3.41. The van der Waals surface area contributed by atoms with Gasteiger partial charge in [0, 0.05) is 18.7 Å². The number of nitrogens with one attached hydrogen (secondary N) is 1. The second kappa shape index (κ2) is 7.82. The molecule has 1 aliphatic rings. The van der Waals surface area contributed by atoms with E-state index in [4.69, 9.17) is 5.73 Å². The maximum absolute atomic E-state index is 14.5. The highest BCUT2D eigenvalue weighted by molar-refractivity contribution is 5.92. The number of aromatic nitrogens is 3. The number of pyridine rings is 1. The fraction of sp³-hybridized carbons (Fsp3) is 0.200. The van der Waals surface area contributed by atoms with Crippen molar-refractivity contribution in [3.63, 3.8) is 0 Å². The van der Waals surface area contributed by atoms with E-state index in [1.807, 2.05) is 0 Å². The molecule has 2 aromatic heterocycles. The summed E-state index contributed by atoms with van der Waals surface area (Å²) in [6, 6.07) is 8.09. The Morgan fingerprint density at radius 1 is 1.03 bits per heavy atom. The lowest BCUT2D eigenvalue weighted by Crippen LogP contribution is -2.57. The Morgan fingerprint density at radius 3 is 2.32 bits per heavy atom. The third kappa shape index (κ3) is 4.11. The van der Waals surface area contributed by atoms with Gasteiger partial charge in [0.1, 0.15) is 5.82 Å². The van der Waals surface area contributed by atoms with Crippen LogP contribution in [0.3, 0.4) is 0 Å². The van der Waals surface area contributed by atoms with Gasteiger partial charge in [0.2, 0.25) is 0 Å². The topological polar surface area (TPSA) is 97.0 Å². The van der Waals surface area contributed by atoms with E-state index in [2.05, 4.69) is 20.3 Å². The SMILES string of the molecule is Nc1ccc(-c2ccc(F)cc2)nc1NC(=O)N1CC(C(F)(F)c2ncc(F)cn2)C1. The highest BCUT2D eigenvalue weighted by atomic mass is 19.3. The Kier molecular flexibility index (Phi) is 5.17. The number of carbonyl (C=O) groups excluding carboxylic acids is 1. The molecule has 1 saturated heterocycles. The number of nitrogen functional groups attached to an aromatic ring is 1. The molecule has 11 heteroatoms. The number of likely N-dealkylation sites (tertiary alicyclic amines) is 1. The fourth-order valence-corrected chi connectivity index (χ4v) is 3.07.